The van der Waals surface area contributed by atoms with E-state index in [0.29, 0.717) is 44.3 Å². The van der Waals surface area contributed by atoms with Gasteiger partial charge in [-0.3, -0.25) is 4.79 Å². The van der Waals surface area contributed by atoms with E-state index >= 15 is 0 Å². The maximum absolute atomic E-state index is 13.2. The fourth-order valence-electron chi connectivity index (χ4n) is 6.49. The van der Waals surface area contributed by atoms with Crippen LogP contribution < -0.4 is 20.1 Å². The zero-order valence-electron chi connectivity index (χ0n) is 30.6. The number of hydrogen-bond donors (Lipinski definition) is 2. The molecule has 1 fully saturated rings. The van der Waals surface area contributed by atoms with E-state index in [0.717, 1.165) is 73.2 Å². The molecule has 1 aromatic heterocycles. The molecular weight excluding hydrogens is 650 g/mol. The third-order valence-electron chi connectivity index (χ3n) is 9.11. The van der Waals surface area contributed by atoms with E-state index in [2.05, 4.69) is 44.9 Å². The molecule has 2 aliphatic heterocycles. The van der Waals surface area contributed by atoms with E-state index in [1.165, 1.54) is 6.33 Å². The van der Waals surface area contributed by atoms with Crippen LogP contribution in [0.2, 0.25) is 0 Å². The summed E-state index contributed by atoms with van der Waals surface area (Å²) < 4.78 is 29.5. The Hall–Kier alpha value is -4.42. The topological polar surface area (TPSA) is 133 Å². The quantitative estimate of drug-likeness (QED) is 0.152. The van der Waals surface area contributed by atoms with Crippen LogP contribution >= 0.6 is 0 Å². The average molecular weight is 704 g/mol. The largest absolute Gasteiger partial charge is 0.494 e. The number of aromatic nitrogens is 2. The molecule has 2 amide bonds. The highest BCUT2D eigenvalue weighted by Gasteiger charge is 2.37. The summed E-state index contributed by atoms with van der Waals surface area (Å²) in [6.45, 7) is 8.53. The van der Waals surface area contributed by atoms with Crippen molar-refractivity contribution in [2.45, 2.75) is 89.4 Å². The molecule has 0 spiro atoms. The van der Waals surface area contributed by atoms with Gasteiger partial charge in [0.1, 0.15) is 17.7 Å². The average Bonchev–Trinajstić information content (AvgIpc) is 3.12. The Morgan fingerprint density at radius 3 is 2.65 bits per heavy atom. The van der Waals surface area contributed by atoms with Crippen molar-refractivity contribution >= 4 is 23.5 Å². The zero-order chi connectivity index (χ0) is 36.2. The van der Waals surface area contributed by atoms with Gasteiger partial charge in [-0.05, 0) is 94.2 Å². The van der Waals surface area contributed by atoms with Crippen LogP contribution in [0.25, 0.3) is 0 Å². The van der Waals surface area contributed by atoms with E-state index in [-0.39, 0.29) is 30.1 Å². The molecule has 0 saturated carbocycles. The number of carbonyl (C=O) groups excluding carboxylic acids is 2. The van der Waals surface area contributed by atoms with Gasteiger partial charge in [-0.15, -0.1) is 0 Å². The fraction of sp³-hybridized carbons (Fsp3) is 0.538. The Balaban J connectivity index is 1.26. The van der Waals surface area contributed by atoms with E-state index in [4.69, 9.17) is 23.7 Å². The molecule has 2 N–H and O–H groups in total. The van der Waals surface area contributed by atoms with Gasteiger partial charge in [-0.25, -0.2) is 14.8 Å². The molecule has 0 bridgehead atoms. The Labute approximate surface area is 301 Å². The molecule has 12 heteroatoms. The first kappa shape index (κ1) is 37.8. The van der Waals surface area contributed by atoms with Crippen molar-refractivity contribution in [1.82, 2.24) is 14.9 Å². The summed E-state index contributed by atoms with van der Waals surface area (Å²) in [6, 6.07) is 14.5. The number of nitrogens with one attached hydrogen (secondary N) is 2. The van der Waals surface area contributed by atoms with E-state index in [1.807, 2.05) is 39.0 Å². The summed E-state index contributed by atoms with van der Waals surface area (Å²) in [5, 5.41) is 6.32. The zero-order valence-corrected chi connectivity index (χ0v) is 30.6. The molecule has 276 valence electrons. The maximum atomic E-state index is 13.2. The summed E-state index contributed by atoms with van der Waals surface area (Å²) in [7, 11) is 3.30. The Morgan fingerprint density at radius 1 is 1.06 bits per heavy atom. The highest BCUT2D eigenvalue weighted by Crippen LogP contribution is 2.38. The third kappa shape index (κ3) is 11.0. The summed E-state index contributed by atoms with van der Waals surface area (Å²) in [5.74, 6) is 2.18. The summed E-state index contributed by atoms with van der Waals surface area (Å²) in [6.07, 6.45) is 7.49. The van der Waals surface area contributed by atoms with Gasteiger partial charge < -0.3 is 39.2 Å². The van der Waals surface area contributed by atoms with Gasteiger partial charge in [0.2, 0.25) is 5.91 Å². The van der Waals surface area contributed by atoms with Crippen LogP contribution in [0.5, 0.6) is 11.5 Å². The van der Waals surface area contributed by atoms with Gasteiger partial charge in [0.15, 0.2) is 11.6 Å². The number of methoxy groups -OCH3 is 2. The van der Waals surface area contributed by atoms with E-state index in [1.54, 1.807) is 25.3 Å². The van der Waals surface area contributed by atoms with Crippen molar-refractivity contribution in [3.05, 3.63) is 71.7 Å². The number of carbonyl (C=O) groups is 2. The van der Waals surface area contributed by atoms with Crippen molar-refractivity contribution in [3.63, 3.8) is 0 Å². The summed E-state index contributed by atoms with van der Waals surface area (Å²) in [4.78, 5) is 35.4. The van der Waals surface area contributed by atoms with Crippen LogP contribution in [-0.4, -0.2) is 85.6 Å². The standard InChI is InChI=1S/C39H53N5O7/c1-39(2,3)51-38(46)44-20-18-31(27-12-15-30(16-13-27)49-22-7-6-19-41-37-34(48-5)24-40-26-42-37)35(25-44)50-33(9-8-21-47-4)29-11-10-28-14-17-36(45)43-32(28)23-29/h10-13,15-16,23-24,26,31,33,35H,6-9,14,17-22,25H2,1-5H3,(H,43,45)(H,40,41,42). The number of amides is 2. The molecule has 2 aliphatic rings. The molecule has 0 radical (unpaired) electrons. The van der Waals surface area contributed by atoms with E-state index < -0.39 is 5.60 Å². The van der Waals surface area contributed by atoms with Crippen LogP contribution in [0.15, 0.2) is 55.0 Å². The van der Waals surface area contributed by atoms with Crippen molar-refractivity contribution in [2.75, 3.05) is 57.7 Å². The second-order valence-corrected chi connectivity index (χ2v) is 14.1. The molecule has 2 aromatic carbocycles. The van der Waals surface area contributed by atoms with Crippen molar-refractivity contribution in [3.8, 4) is 11.5 Å². The van der Waals surface area contributed by atoms with Gasteiger partial charge in [0.25, 0.3) is 0 Å². The molecule has 51 heavy (non-hydrogen) atoms. The number of fused-ring (bicyclic) bond motifs is 1. The Bertz CT molecular complexity index is 1580. The number of unbranched alkanes of at least 4 members (excludes halogenated alkanes) is 1. The highest BCUT2D eigenvalue weighted by atomic mass is 16.6. The normalized spacial score (nSPS) is 18.0. The lowest BCUT2D eigenvalue weighted by atomic mass is 9.86. The van der Waals surface area contributed by atoms with Gasteiger partial charge in [0.05, 0.1) is 38.7 Å². The Morgan fingerprint density at radius 2 is 1.88 bits per heavy atom. The molecule has 1 saturated heterocycles. The Kier molecular flexibility index (Phi) is 13.5. The highest BCUT2D eigenvalue weighted by molar-refractivity contribution is 5.94. The molecule has 3 aromatic rings. The first-order valence-corrected chi connectivity index (χ1v) is 18.0. The number of nitrogens with zero attached hydrogens (tertiary/aromatic N) is 3. The van der Waals surface area contributed by atoms with Crippen LogP contribution in [-0.2, 0) is 25.4 Å². The fourth-order valence-corrected chi connectivity index (χ4v) is 6.49. The lowest BCUT2D eigenvalue weighted by Gasteiger charge is -2.40. The van der Waals surface area contributed by atoms with Gasteiger partial charge in [0, 0.05) is 44.8 Å². The number of piperidine rings is 1. The van der Waals surface area contributed by atoms with Gasteiger partial charge in [-0.1, -0.05) is 24.3 Å². The third-order valence-corrected chi connectivity index (χ3v) is 9.11. The number of hydrogen-bond acceptors (Lipinski definition) is 10. The smallest absolute Gasteiger partial charge is 0.410 e. The van der Waals surface area contributed by atoms with Crippen molar-refractivity contribution < 1.29 is 33.3 Å². The minimum Gasteiger partial charge on any atom is -0.494 e. The number of rotatable bonds is 16. The van der Waals surface area contributed by atoms with Crippen molar-refractivity contribution in [1.29, 1.82) is 0 Å². The van der Waals surface area contributed by atoms with Crippen LogP contribution in [0.1, 0.15) is 88.0 Å². The van der Waals surface area contributed by atoms with Crippen LogP contribution in [0.4, 0.5) is 16.3 Å². The number of likely N-dealkylation sites (tertiary alicyclic amines) is 1. The first-order valence-electron chi connectivity index (χ1n) is 18.0. The van der Waals surface area contributed by atoms with E-state index in [9.17, 15) is 9.59 Å². The number of ether oxygens (including phenoxy) is 5. The molecule has 3 atom stereocenters. The lowest BCUT2D eigenvalue weighted by molar-refractivity contribution is -0.116. The molecule has 12 nitrogen and oxygen atoms in total. The lowest BCUT2D eigenvalue weighted by Crippen LogP contribution is -2.48. The minimum absolute atomic E-state index is 0.0286. The van der Waals surface area contributed by atoms with Gasteiger partial charge >= 0.3 is 6.09 Å². The summed E-state index contributed by atoms with van der Waals surface area (Å²) >= 11 is 0. The molecule has 0 aliphatic carbocycles. The number of anilines is 2. The second kappa shape index (κ2) is 18.2. The predicted octanol–water partition coefficient (Wildman–Crippen LogP) is 6.92. The second-order valence-electron chi connectivity index (χ2n) is 14.1. The monoisotopic (exact) mass is 703 g/mol. The maximum Gasteiger partial charge on any atom is 0.410 e. The van der Waals surface area contributed by atoms with Gasteiger partial charge in [-0.2, -0.15) is 0 Å². The molecule has 3 heterocycles. The molecule has 5 rings (SSSR count). The SMILES string of the molecule is COCCCC(OC1CN(C(=O)OC(C)(C)C)CCC1c1ccc(OCCCCNc2ncncc2OC)cc1)c1ccc2c(c1)NC(=O)CC2. The number of benzene rings is 2. The molecule has 3 unspecified atom stereocenters. The minimum atomic E-state index is -0.600. The number of aryl methyl sites for hydroxylation is 1. The first-order chi connectivity index (χ1) is 24.6. The van der Waals surface area contributed by atoms with Crippen molar-refractivity contribution in [2.24, 2.45) is 0 Å². The summed E-state index contributed by atoms with van der Waals surface area (Å²) in [5.41, 5.74) is 3.50. The van der Waals surface area contributed by atoms with Crippen LogP contribution in [0, 0.1) is 0 Å². The molecular formula is C39H53N5O7. The predicted molar refractivity (Wildman–Crippen MR) is 196 cm³/mol. The van der Waals surface area contributed by atoms with Crippen LogP contribution in [0.3, 0.4) is 0 Å².